The number of para-hydroxylation sites is 1. The third-order valence-electron chi connectivity index (χ3n) is 10.2. The Balaban J connectivity index is 1.25. The van der Waals surface area contributed by atoms with Crippen molar-refractivity contribution in [1.29, 1.82) is 0 Å². The quantitative estimate of drug-likeness (QED) is 0.188. The highest BCUT2D eigenvalue weighted by Gasteiger charge is 2.38. The minimum Gasteiger partial charge on any atom is -0.341 e. The van der Waals surface area contributed by atoms with Crippen molar-refractivity contribution in [3.8, 4) is 33.4 Å². The summed E-state index contributed by atoms with van der Waals surface area (Å²) in [5.74, 6) is 0. The van der Waals surface area contributed by atoms with Gasteiger partial charge < -0.3 is 4.57 Å². The summed E-state index contributed by atoms with van der Waals surface area (Å²) in [6.45, 7) is 8.00. The van der Waals surface area contributed by atoms with E-state index in [9.17, 15) is 0 Å². The molecule has 0 fully saturated rings. The van der Waals surface area contributed by atoms with E-state index in [1.165, 1.54) is 87.9 Å². The Morgan fingerprint density at radius 3 is 1.75 bits per heavy atom. The Morgan fingerprint density at radius 1 is 0.477 bits per heavy atom. The molecule has 9 rings (SSSR count). The van der Waals surface area contributed by atoms with Gasteiger partial charge in [0.1, 0.15) is 0 Å². The van der Waals surface area contributed by atoms with Gasteiger partial charge in [-0.2, -0.15) is 0 Å². The monoisotopic (exact) mass is 563 g/mol. The third kappa shape index (κ3) is 3.36. The van der Waals surface area contributed by atoms with E-state index in [0.29, 0.717) is 0 Å². The number of aromatic nitrogens is 1. The molecule has 0 spiro atoms. The lowest BCUT2D eigenvalue weighted by atomic mass is 9.78. The SMILES string of the molecule is CCn1c2ccccc2c2ccc(-c3ccccc3-c3ccc4c(c3)C(C)(C)c3c-4c4ccccc4c4ccccc34)cc21. The van der Waals surface area contributed by atoms with Crippen LogP contribution >= 0.6 is 0 Å². The number of hydrogen-bond acceptors (Lipinski definition) is 0. The fraction of sp³-hybridized carbons (Fsp3) is 0.116. The summed E-state index contributed by atoms with van der Waals surface area (Å²) in [4.78, 5) is 0. The second-order valence-electron chi connectivity index (χ2n) is 12.8. The molecule has 0 unspecified atom stereocenters. The highest BCUT2D eigenvalue weighted by Crippen LogP contribution is 2.55. The molecule has 0 aliphatic heterocycles. The zero-order valence-electron chi connectivity index (χ0n) is 25.4. The molecular formula is C43H33N. The van der Waals surface area contributed by atoms with Gasteiger partial charge in [-0.3, -0.25) is 0 Å². The zero-order chi connectivity index (χ0) is 29.6. The van der Waals surface area contributed by atoms with Crippen molar-refractivity contribution in [2.45, 2.75) is 32.7 Å². The van der Waals surface area contributed by atoms with E-state index in [2.05, 4.69) is 159 Å². The van der Waals surface area contributed by atoms with Gasteiger partial charge in [0.2, 0.25) is 0 Å². The lowest BCUT2D eigenvalue weighted by Crippen LogP contribution is -2.15. The maximum absolute atomic E-state index is 2.47. The number of hydrogen-bond donors (Lipinski definition) is 0. The van der Waals surface area contributed by atoms with Crippen molar-refractivity contribution in [2.24, 2.45) is 0 Å². The lowest BCUT2D eigenvalue weighted by Gasteiger charge is -2.24. The van der Waals surface area contributed by atoms with Crippen LogP contribution in [0.5, 0.6) is 0 Å². The van der Waals surface area contributed by atoms with Crippen molar-refractivity contribution in [2.75, 3.05) is 0 Å². The predicted octanol–water partition coefficient (Wildman–Crippen LogP) is 11.8. The minimum absolute atomic E-state index is 0.125. The molecular weight excluding hydrogens is 530 g/mol. The third-order valence-corrected chi connectivity index (χ3v) is 10.2. The normalized spacial score (nSPS) is 13.6. The largest absolute Gasteiger partial charge is 0.341 e. The van der Waals surface area contributed by atoms with Crippen molar-refractivity contribution < 1.29 is 0 Å². The molecule has 44 heavy (non-hydrogen) atoms. The molecule has 0 saturated heterocycles. The van der Waals surface area contributed by atoms with Crippen LogP contribution in [0.15, 0.2) is 133 Å². The van der Waals surface area contributed by atoms with Crippen LogP contribution in [-0.2, 0) is 12.0 Å². The second kappa shape index (κ2) is 9.18. The Morgan fingerprint density at radius 2 is 1.02 bits per heavy atom. The Kier molecular flexibility index (Phi) is 5.29. The molecule has 1 nitrogen and oxygen atoms in total. The van der Waals surface area contributed by atoms with Crippen molar-refractivity contribution in [3.63, 3.8) is 0 Å². The van der Waals surface area contributed by atoms with E-state index in [1.54, 1.807) is 0 Å². The topological polar surface area (TPSA) is 4.93 Å². The van der Waals surface area contributed by atoms with Gasteiger partial charge in [0.15, 0.2) is 0 Å². The van der Waals surface area contributed by atoms with Gasteiger partial charge in [-0.15, -0.1) is 0 Å². The van der Waals surface area contributed by atoms with Gasteiger partial charge in [-0.05, 0) is 91.2 Å². The Labute approximate surface area is 258 Å². The molecule has 7 aromatic carbocycles. The number of fused-ring (bicyclic) bond motifs is 11. The first-order chi connectivity index (χ1) is 21.6. The minimum atomic E-state index is -0.125. The molecule has 1 aliphatic carbocycles. The highest BCUT2D eigenvalue weighted by atomic mass is 15.0. The Hall–Kier alpha value is -5.14. The maximum Gasteiger partial charge on any atom is 0.0497 e. The van der Waals surface area contributed by atoms with Crippen LogP contribution in [0.4, 0.5) is 0 Å². The van der Waals surface area contributed by atoms with Gasteiger partial charge in [0, 0.05) is 33.8 Å². The first-order valence-corrected chi connectivity index (χ1v) is 15.8. The van der Waals surface area contributed by atoms with Gasteiger partial charge >= 0.3 is 0 Å². The molecule has 0 bridgehead atoms. The predicted molar refractivity (Wildman–Crippen MR) is 189 cm³/mol. The van der Waals surface area contributed by atoms with Crippen LogP contribution in [0.1, 0.15) is 31.9 Å². The summed E-state index contributed by atoms with van der Waals surface area (Å²) in [7, 11) is 0. The van der Waals surface area contributed by atoms with E-state index in [0.717, 1.165) is 6.54 Å². The molecule has 8 aromatic rings. The summed E-state index contributed by atoms with van der Waals surface area (Å²) in [5.41, 5.74) is 13.2. The average Bonchev–Trinajstić information content (AvgIpc) is 3.52. The number of benzene rings is 7. The van der Waals surface area contributed by atoms with E-state index < -0.39 is 0 Å². The summed E-state index contributed by atoms with van der Waals surface area (Å²) in [6.07, 6.45) is 0. The first kappa shape index (κ1) is 25.4. The fourth-order valence-corrected chi connectivity index (χ4v) is 8.20. The van der Waals surface area contributed by atoms with E-state index in [1.807, 2.05) is 0 Å². The molecule has 1 aliphatic rings. The zero-order valence-corrected chi connectivity index (χ0v) is 25.4. The van der Waals surface area contributed by atoms with Gasteiger partial charge in [-0.1, -0.05) is 129 Å². The molecule has 1 heterocycles. The van der Waals surface area contributed by atoms with E-state index in [4.69, 9.17) is 0 Å². The molecule has 0 amide bonds. The van der Waals surface area contributed by atoms with Crippen LogP contribution in [-0.4, -0.2) is 4.57 Å². The maximum atomic E-state index is 2.47. The lowest BCUT2D eigenvalue weighted by molar-refractivity contribution is 0.667. The standard InChI is InChI=1S/C43H33N/c1-4-44-39-20-12-11-17-33(39)34-23-21-28(26-40(34)44)30-14-6-5-13-29(30)27-22-24-37-38(25-27)43(2,3)42-36-19-10-8-16-32(36)31-15-7-9-18-35(31)41(37)42/h5-26H,4H2,1-3H3. The molecule has 210 valence electrons. The molecule has 1 aromatic heterocycles. The van der Waals surface area contributed by atoms with Gasteiger partial charge in [-0.25, -0.2) is 0 Å². The average molecular weight is 564 g/mol. The molecule has 1 heteroatoms. The smallest absolute Gasteiger partial charge is 0.0497 e. The summed E-state index contributed by atoms with van der Waals surface area (Å²) in [6, 6.07) is 49.8. The first-order valence-electron chi connectivity index (χ1n) is 15.8. The number of nitrogens with zero attached hydrogens (tertiary/aromatic N) is 1. The summed E-state index contributed by atoms with van der Waals surface area (Å²) >= 11 is 0. The Bertz CT molecular complexity index is 2450. The second-order valence-corrected chi connectivity index (χ2v) is 12.8. The van der Waals surface area contributed by atoms with E-state index in [-0.39, 0.29) is 5.41 Å². The number of rotatable bonds is 3. The number of aryl methyl sites for hydroxylation is 1. The van der Waals surface area contributed by atoms with Crippen molar-refractivity contribution >= 4 is 43.4 Å². The highest BCUT2D eigenvalue weighted by molar-refractivity contribution is 6.18. The van der Waals surface area contributed by atoms with Crippen LogP contribution in [0, 0.1) is 0 Å². The summed E-state index contributed by atoms with van der Waals surface area (Å²) < 4.78 is 2.45. The molecule has 0 radical (unpaired) electrons. The van der Waals surface area contributed by atoms with E-state index >= 15 is 0 Å². The van der Waals surface area contributed by atoms with Crippen LogP contribution in [0.25, 0.3) is 76.7 Å². The van der Waals surface area contributed by atoms with Crippen molar-refractivity contribution in [1.82, 2.24) is 4.57 Å². The van der Waals surface area contributed by atoms with Crippen LogP contribution in [0.2, 0.25) is 0 Å². The summed E-state index contributed by atoms with van der Waals surface area (Å²) in [5, 5.41) is 8.03. The molecule has 0 N–H and O–H groups in total. The van der Waals surface area contributed by atoms with Crippen LogP contribution < -0.4 is 0 Å². The van der Waals surface area contributed by atoms with Crippen LogP contribution in [0.3, 0.4) is 0 Å². The van der Waals surface area contributed by atoms with Gasteiger partial charge in [0.05, 0.1) is 0 Å². The fourth-order valence-electron chi connectivity index (χ4n) is 8.20. The van der Waals surface area contributed by atoms with Crippen molar-refractivity contribution in [3.05, 3.63) is 145 Å². The van der Waals surface area contributed by atoms with Gasteiger partial charge in [0.25, 0.3) is 0 Å². The molecule has 0 atom stereocenters. The molecule has 0 saturated carbocycles.